The number of benzene rings is 18. The average molecular weight is 1550 g/mol. The summed E-state index contributed by atoms with van der Waals surface area (Å²) in [6.07, 6.45) is 0. The van der Waals surface area contributed by atoms with Crippen molar-refractivity contribution in [1.82, 2.24) is 0 Å². The molecule has 2 aromatic heterocycles. The number of para-hydroxylation sites is 1. The lowest BCUT2D eigenvalue weighted by Gasteiger charge is -2.35. The van der Waals surface area contributed by atoms with Crippen LogP contribution in [0, 0.1) is 0 Å². The van der Waals surface area contributed by atoms with Gasteiger partial charge in [-0.1, -0.05) is 349 Å². The molecule has 0 fully saturated rings. The van der Waals surface area contributed by atoms with Gasteiger partial charge in [0.15, 0.2) is 0 Å². The van der Waals surface area contributed by atoms with E-state index in [-0.39, 0.29) is 10.8 Å². The van der Waals surface area contributed by atoms with Gasteiger partial charge in [0.1, 0.15) is 11.2 Å². The Morgan fingerprint density at radius 3 is 1.08 bits per heavy atom. The molecule has 3 nitrogen and oxygen atoms in total. The fourth-order valence-electron chi connectivity index (χ4n) is 21.7. The quantitative estimate of drug-likeness (QED) is 0.115. The largest absolute Gasteiger partial charge is 0.455 e. The maximum absolute atomic E-state index is 7.17. The lowest BCUT2D eigenvalue weighted by molar-refractivity contribution is 0.660. The van der Waals surface area contributed by atoms with E-state index in [0.29, 0.717) is 0 Å². The minimum Gasteiger partial charge on any atom is -0.455 e. The molecule has 0 amide bonds. The van der Waals surface area contributed by atoms with Crippen LogP contribution in [0.5, 0.6) is 0 Å². The number of rotatable bonds is 13. The van der Waals surface area contributed by atoms with Gasteiger partial charge in [0.05, 0.1) is 10.8 Å². The van der Waals surface area contributed by atoms with E-state index in [1.165, 1.54) is 143 Å². The molecule has 0 bridgehead atoms. The second-order valence-electron chi connectivity index (χ2n) is 34.1. The summed E-state index contributed by atoms with van der Waals surface area (Å²) in [5, 5.41) is 4.73. The van der Waals surface area contributed by atoms with Crippen molar-refractivity contribution in [2.24, 2.45) is 0 Å². The van der Waals surface area contributed by atoms with Gasteiger partial charge in [0.25, 0.3) is 0 Å². The molecule has 0 aliphatic heterocycles. The summed E-state index contributed by atoms with van der Waals surface area (Å²) in [5.74, 6) is 0. The summed E-state index contributed by atoms with van der Waals surface area (Å²) in [5.41, 5.74) is 38.7. The monoisotopic (exact) mass is 1550 g/mol. The summed E-state index contributed by atoms with van der Waals surface area (Å²) in [7, 11) is 0. The lowest BCUT2D eigenvalue weighted by atomic mass is 9.67. The Hall–Kier alpha value is -14.4. The number of nitrogens with zero attached hydrogens (tertiary/aromatic N) is 2. The molecule has 0 N–H and O–H groups in total. The Balaban J connectivity index is 0.621. The van der Waals surface area contributed by atoms with Crippen molar-refractivity contribution in [2.45, 2.75) is 49.4 Å². The van der Waals surface area contributed by atoms with Gasteiger partial charge in [0, 0.05) is 81.5 Å². The Kier molecular flexibility index (Phi) is 15.5. The Morgan fingerprint density at radius 1 is 0.217 bits per heavy atom. The van der Waals surface area contributed by atoms with E-state index in [9.17, 15) is 0 Å². The van der Waals surface area contributed by atoms with Crippen LogP contribution in [-0.4, -0.2) is 0 Å². The van der Waals surface area contributed by atoms with Gasteiger partial charge >= 0.3 is 0 Å². The molecule has 566 valence electrons. The number of thiophene rings is 1. The molecule has 1 unspecified atom stereocenters. The van der Waals surface area contributed by atoms with Crippen LogP contribution in [0.15, 0.2) is 417 Å². The normalized spacial score (nSPS) is 15.1. The van der Waals surface area contributed by atoms with E-state index < -0.39 is 10.8 Å². The smallest absolute Gasteiger partial charge is 0.143 e. The van der Waals surface area contributed by atoms with Gasteiger partial charge < -0.3 is 14.2 Å². The first kappa shape index (κ1) is 69.8. The van der Waals surface area contributed by atoms with Crippen LogP contribution in [0.4, 0.5) is 34.1 Å². The predicted octanol–water partition coefficient (Wildman–Crippen LogP) is 31.2. The zero-order valence-electron chi connectivity index (χ0n) is 67.0. The number of hydrogen-bond acceptors (Lipinski definition) is 4. The van der Waals surface area contributed by atoms with E-state index in [0.717, 1.165) is 78.3 Å². The van der Waals surface area contributed by atoms with E-state index in [1.54, 1.807) is 0 Å². The molecule has 20 aromatic rings. The van der Waals surface area contributed by atoms with Crippen molar-refractivity contribution in [3.8, 4) is 77.9 Å². The highest BCUT2D eigenvalue weighted by atomic mass is 32.1. The van der Waals surface area contributed by atoms with Crippen molar-refractivity contribution in [2.75, 3.05) is 9.80 Å². The molecular weight excluding hydrogens is 1470 g/mol. The molecule has 4 heteroatoms. The third kappa shape index (κ3) is 10.2. The van der Waals surface area contributed by atoms with E-state index in [4.69, 9.17) is 4.42 Å². The minimum absolute atomic E-state index is 0.208. The summed E-state index contributed by atoms with van der Waals surface area (Å²) >= 11 is 1.88. The maximum Gasteiger partial charge on any atom is 0.143 e. The topological polar surface area (TPSA) is 19.6 Å². The van der Waals surface area contributed by atoms with Crippen LogP contribution in [0.25, 0.3) is 120 Å². The van der Waals surface area contributed by atoms with Crippen LogP contribution in [0.2, 0.25) is 0 Å². The highest BCUT2D eigenvalue weighted by Crippen LogP contribution is 2.62. The summed E-state index contributed by atoms with van der Waals surface area (Å²) in [4.78, 5) is 5.01. The Labute approximate surface area is 703 Å². The molecule has 4 aliphatic carbocycles. The third-order valence-corrected chi connectivity index (χ3v) is 28.4. The maximum atomic E-state index is 7.17. The number of furan rings is 1. The van der Waals surface area contributed by atoms with Crippen molar-refractivity contribution < 1.29 is 4.42 Å². The zero-order valence-corrected chi connectivity index (χ0v) is 67.8. The van der Waals surface area contributed by atoms with Crippen LogP contribution < -0.4 is 9.80 Å². The first-order valence-electron chi connectivity index (χ1n) is 41.9. The molecule has 0 saturated heterocycles. The van der Waals surface area contributed by atoms with E-state index in [2.05, 4.69) is 450 Å². The third-order valence-electron chi connectivity index (χ3n) is 27.2. The van der Waals surface area contributed by atoms with Crippen LogP contribution in [0.1, 0.15) is 94.5 Å². The molecule has 2 heterocycles. The zero-order chi connectivity index (χ0) is 79.7. The van der Waals surface area contributed by atoms with Crippen LogP contribution in [-0.2, 0) is 21.7 Å². The molecule has 0 radical (unpaired) electrons. The lowest BCUT2D eigenvalue weighted by Crippen LogP contribution is -2.28. The Bertz CT molecular complexity index is 7570. The molecule has 0 spiro atoms. The highest BCUT2D eigenvalue weighted by Gasteiger charge is 2.49. The standard InChI is InChI=1S/C116H80N2OS/c1-113(2)101-47-19-14-38-89(101)93-61-57-83(69-105(93)113)117(85-59-63-95-91-40-16-21-49-103(91)115(107(95)71-85,77-30-8-5-9-31-77)78-32-10-6-11-33-78)81-36-24-28-75(66-81)87-43-26-45-98-100-68-74(54-65-109(100)119-111(87)98)73-52-55-80(56-53-73)116(79-34-12-7-13-35-79)104-50-22-17-41-92(104)96-64-60-86(72-108(96)116)118(84-58-62-94-90-39-15-20-48-102(90)114(3,4)106(94)70-84)82-37-25-29-76(67-82)88-44-27-46-99-97-42-18-23-51-110(97)120-112(88)99/h5-72H,1-4H3. The number of hydrogen-bond donors (Lipinski definition) is 0. The van der Waals surface area contributed by atoms with Crippen LogP contribution >= 0.6 is 11.3 Å². The molecular formula is C116H80N2OS. The average Bonchev–Trinajstić information content (AvgIpc) is 1.51. The van der Waals surface area contributed by atoms with Crippen LogP contribution in [0.3, 0.4) is 0 Å². The van der Waals surface area contributed by atoms with Gasteiger partial charge in [-0.2, -0.15) is 0 Å². The molecule has 4 aliphatic rings. The first-order chi connectivity index (χ1) is 59.0. The second kappa shape index (κ2) is 26.5. The summed E-state index contributed by atoms with van der Waals surface area (Å²) in [6.45, 7) is 9.53. The van der Waals surface area contributed by atoms with Gasteiger partial charge in [0.2, 0.25) is 0 Å². The van der Waals surface area contributed by atoms with Crippen molar-refractivity contribution in [3.63, 3.8) is 0 Å². The molecule has 18 aromatic carbocycles. The summed E-state index contributed by atoms with van der Waals surface area (Å²) in [6, 6.07) is 155. The second-order valence-corrected chi connectivity index (χ2v) is 35.1. The SMILES string of the molecule is CC1(C)c2ccccc2-c2ccc(N(c3cccc(-c4cccc5c4oc4ccc(-c6ccc(C7(c8ccccc8)c8ccccc8-c8ccc(N(c9cccc(-c%10cccc%11c%10sc%10ccccc%10%11)c9)c9ccc%10c(c9)C(C)(C)c9ccccc9-%10)cc87)cc6)cc45)c3)c3ccc4c(c3)C(c3ccccc3)(c3ccccc3)c3ccccc3-4)cc21. The van der Waals surface area contributed by atoms with Gasteiger partial charge in [-0.05, 0) is 230 Å². The molecule has 1 atom stereocenters. The number of fused-ring (bicyclic) bond motifs is 18. The number of anilines is 6. The van der Waals surface area contributed by atoms with Gasteiger partial charge in [-0.25, -0.2) is 0 Å². The summed E-state index contributed by atoms with van der Waals surface area (Å²) < 4.78 is 9.77. The van der Waals surface area contributed by atoms with Gasteiger partial charge in [-0.15, -0.1) is 11.3 Å². The van der Waals surface area contributed by atoms with E-state index >= 15 is 0 Å². The molecule has 0 saturated carbocycles. The van der Waals surface area contributed by atoms with Crippen molar-refractivity contribution >= 4 is 87.6 Å². The highest BCUT2D eigenvalue weighted by molar-refractivity contribution is 7.26. The predicted molar refractivity (Wildman–Crippen MR) is 502 cm³/mol. The van der Waals surface area contributed by atoms with Crippen molar-refractivity contribution in [3.05, 3.63) is 479 Å². The van der Waals surface area contributed by atoms with Gasteiger partial charge in [-0.3, -0.25) is 0 Å². The van der Waals surface area contributed by atoms with E-state index in [1.807, 2.05) is 11.3 Å². The Morgan fingerprint density at radius 2 is 0.575 bits per heavy atom. The first-order valence-corrected chi connectivity index (χ1v) is 42.7. The van der Waals surface area contributed by atoms with Crippen molar-refractivity contribution in [1.29, 1.82) is 0 Å². The fraction of sp³-hybridized carbons (Fsp3) is 0.0690. The minimum atomic E-state index is -0.696. The fourth-order valence-corrected chi connectivity index (χ4v) is 23.0. The molecule has 24 rings (SSSR count). The molecule has 120 heavy (non-hydrogen) atoms.